The molecule has 1 amide bonds. The highest BCUT2D eigenvalue weighted by atomic mass is 35.5. The first-order valence-electron chi connectivity index (χ1n) is 8.50. The number of ether oxygens (including phenoxy) is 2. The maximum absolute atomic E-state index is 12.4. The molecule has 0 aliphatic carbocycles. The second-order valence-corrected chi connectivity index (χ2v) is 8.05. The number of amides is 1. The Kier molecular flexibility index (Phi) is 5.15. The van der Waals surface area contributed by atoms with Gasteiger partial charge in [0.1, 0.15) is 0 Å². The van der Waals surface area contributed by atoms with Crippen LogP contribution in [0, 0.1) is 0 Å². The summed E-state index contributed by atoms with van der Waals surface area (Å²) in [5, 5.41) is 0. The Balaban J connectivity index is 1.29. The van der Waals surface area contributed by atoms with Gasteiger partial charge in [-0.05, 0) is 35.9 Å². The molecule has 7 heteroatoms. The van der Waals surface area contributed by atoms with Gasteiger partial charge in [0.25, 0.3) is 0 Å². The minimum Gasteiger partial charge on any atom is -0.454 e. The Morgan fingerprint density at radius 2 is 1.92 bits per heavy atom. The zero-order chi connectivity index (χ0) is 17.9. The molecular weight excluding hydrogens is 372 g/mol. The molecule has 2 aromatic rings. The van der Waals surface area contributed by atoms with Crippen molar-refractivity contribution >= 4 is 34.9 Å². The van der Waals surface area contributed by atoms with E-state index in [1.807, 2.05) is 35.2 Å². The van der Waals surface area contributed by atoms with E-state index in [0.717, 1.165) is 54.1 Å². The smallest absolute Gasteiger partial charge is 0.246 e. The van der Waals surface area contributed by atoms with Gasteiger partial charge in [0.15, 0.2) is 11.5 Å². The number of piperazine rings is 1. The molecule has 0 atom stereocenters. The molecule has 0 unspecified atom stereocenters. The molecule has 0 spiro atoms. The molecular formula is C19H19ClN2O3S. The molecule has 1 fully saturated rings. The van der Waals surface area contributed by atoms with Crippen molar-refractivity contribution in [2.24, 2.45) is 0 Å². The summed E-state index contributed by atoms with van der Waals surface area (Å²) in [6.07, 6.45) is 3.45. The minimum absolute atomic E-state index is 0.0430. The molecule has 1 aromatic carbocycles. The van der Waals surface area contributed by atoms with Gasteiger partial charge in [-0.25, -0.2) is 0 Å². The van der Waals surface area contributed by atoms with E-state index in [1.54, 1.807) is 17.4 Å². The number of carbonyl (C=O) groups excluding carboxylic acids is 1. The summed E-state index contributed by atoms with van der Waals surface area (Å²) in [6.45, 7) is 4.38. The van der Waals surface area contributed by atoms with Crippen LogP contribution in [0.15, 0.2) is 36.4 Å². The van der Waals surface area contributed by atoms with Crippen LogP contribution in [0.25, 0.3) is 6.08 Å². The van der Waals surface area contributed by atoms with Gasteiger partial charge in [0.2, 0.25) is 12.7 Å². The number of nitrogens with zero attached hydrogens (tertiary/aromatic N) is 2. The van der Waals surface area contributed by atoms with Gasteiger partial charge in [-0.3, -0.25) is 9.69 Å². The first kappa shape index (κ1) is 17.4. The summed E-state index contributed by atoms with van der Waals surface area (Å²) < 4.78 is 11.5. The van der Waals surface area contributed by atoms with Crippen molar-refractivity contribution < 1.29 is 14.3 Å². The van der Waals surface area contributed by atoms with Crippen LogP contribution in [0.4, 0.5) is 0 Å². The highest BCUT2D eigenvalue weighted by molar-refractivity contribution is 7.16. The predicted molar refractivity (Wildman–Crippen MR) is 103 cm³/mol. The van der Waals surface area contributed by atoms with Gasteiger partial charge in [0.05, 0.1) is 4.34 Å². The molecule has 5 nitrogen and oxygen atoms in total. The van der Waals surface area contributed by atoms with Crippen LogP contribution in [0.5, 0.6) is 11.5 Å². The quantitative estimate of drug-likeness (QED) is 0.749. The van der Waals surface area contributed by atoms with Gasteiger partial charge < -0.3 is 14.4 Å². The van der Waals surface area contributed by atoms with Crippen molar-refractivity contribution in [3.8, 4) is 11.5 Å². The van der Waals surface area contributed by atoms with Gasteiger partial charge in [-0.2, -0.15) is 0 Å². The zero-order valence-corrected chi connectivity index (χ0v) is 15.8. The van der Waals surface area contributed by atoms with E-state index >= 15 is 0 Å². The molecule has 2 aliphatic heterocycles. The van der Waals surface area contributed by atoms with Gasteiger partial charge >= 0.3 is 0 Å². The fourth-order valence-electron chi connectivity index (χ4n) is 3.07. The number of carbonyl (C=O) groups is 1. The van der Waals surface area contributed by atoms with E-state index in [0.29, 0.717) is 0 Å². The van der Waals surface area contributed by atoms with Crippen molar-refractivity contribution in [2.75, 3.05) is 33.0 Å². The highest BCUT2D eigenvalue weighted by Crippen LogP contribution is 2.32. The third-order valence-electron chi connectivity index (χ3n) is 4.51. The van der Waals surface area contributed by atoms with Crippen LogP contribution in [-0.4, -0.2) is 48.7 Å². The summed E-state index contributed by atoms with van der Waals surface area (Å²) in [4.78, 5) is 17.9. The Morgan fingerprint density at radius 1 is 1.12 bits per heavy atom. The summed E-state index contributed by atoms with van der Waals surface area (Å²) in [7, 11) is 0. The summed E-state index contributed by atoms with van der Waals surface area (Å²) in [6, 6.07) is 9.67. The molecule has 4 rings (SSSR count). The van der Waals surface area contributed by atoms with Crippen molar-refractivity contribution in [1.29, 1.82) is 0 Å². The fraction of sp³-hybridized carbons (Fsp3) is 0.316. The summed E-state index contributed by atoms with van der Waals surface area (Å²) >= 11 is 7.60. The lowest BCUT2D eigenvalue weighted by Crippen LogP contribution is -2.47. The molecule has 0 saturated carbocycles. The first-order chi connectivity index (χ1) is 12.7. The van der Waals surface area contributed by atoms with Crippen molar-refractivity contribution in [3.63, 3.8) is 0 Å². The minimum atomic E-state index is 0.0430. The van der Waals surface area contributed by atoms with Crippen LogP contribution in [-0.2, 0) is 11.3 Å². The van der Waals surface area contributed by atoms with Gasteiger partial charge in [0, 0.05) is 43.7 Å². The van der Waals surface area contributed by atoms with Crippen molar-refractivity contribution in [3.05, 3.63) is 51.2 Å². The van der Waals surface area contributed by atoms with E-state index in [9.17, 15) is 4.79 Å². The summed E-state index contributed by atoms with van der Waals surface area (Å²) in [5.41, 5.74) is 0.927. The van der Waals surface area contributed by atoms with Crippen LogP contribution in [0.3, 0.4) is 0 Å². The van der Waals surface area contributed by atoms with Crippen molar-refractivity contribution in [1.82, 2.24) is 9.80 Å². The molecule has 26 heavy (non-hydrogen) atoms. The standard InChI is InChI=1S/C19H19ClN2O3S/c20-18-5-3-15(26-18)12-21-7-9-22(10-8-21)19(23)6-2-14-1-4-16-17(11-14)25-13-24-16/h1-6,11H,7-10,12-13H2/b6-2+. The largest absolute Gasteiger partial charge is 0.454 e. The maximum Gasteiger partial charge on any atom is 0.246 e. The molecule has 2 aliphatic rings. The lowest BCUT2D eigenvalue weighted by atomic mass is 10.2. The predicted octanol–water partition coefficient (Wildman–Crippen LogP) is 3.49. The van der Waals surface area contributed by atoms with Crippen LogP contribution in [0.2, 0.25) is 4.34 Å². The van der Waals surface area contributed by atoms with Crippen LogP contribution in [0.1, 0.15) is 10.4 Å². The molecule has 3 heterocycles. The molecule has 1 saturated heterocycles. The van der Waals surface area contributed by atoms with Crippen LogP contribution < -0.4 is 9.47 Å². The molecule has 0 radical (unpaired) electrons. The number of benzene rings is 1. The zero-order valence-electron chi connectivity index (χ0n) is 14.2. The fourth-order valence-corrected chi connectivity index (χ4v) is 4.20. The Hall–Kier alpha value is -2.02. The lowest BCUT2D eigenvalue weighted by Gasteiger charge is -2.33. The molecule has 0 N–H and O–H groups in total. The highest BCUT2D eigenvalue weighted by Gasteiger charge is 2.20. The monoisotopic (exact) mass is 390 g/mol. The summed E-state index contributed by atoms with van der Waals surface area (Å²) in [5.74, 6) is 1.51. The number of fused-ring (bicyclic) bond motifs is 1. The SMILES string of the molecule is O=C(/C=C/c1ccc2c(c1)OCO2)N1CCN(Cc2ccc(Cl)s2)CC1. The Bertz CT molecular complexity index is 828. The Morgan fingerprint density at radius 3 is 2.69 bits per heavy atom. The lowest BCUT2D eigenvalue weighted by molar-refractivity contribution is -0.127. The second-order valence-electron chi connectivity index (χ2n) is 6.25. The topological polar surface area (TPSA) is 42.0 Å². The van der Waals surface area contributed by atoms with Crippen molar-refractivity contribution in [2.45, 2.75) is 6.54 Å². The van der Waals surface area contributed by atoms with Crippen LogP contribution >= 0.6 is 22.9 Å². The van der Waals surface area contributed by atoms with E-state index in [2.05, 4.69) is 11.0 Å². The number of hydrogen-bond donors (Lipinski definition) is 0. The molecule has 1 aromatic heterocycles. The van der Waals surface area contributed by atoms with Gasteiger partial charge in [-0.15, -0.1) is 11.3 Å². The number of thiophene rings is 1. The average molecular weight is 391 g/mol. The van der Waals surface area contributed by atoms with E-state index in [1.165, 1.54) is 4.88 Å². The average Bonchev–Trinajstić information content (AvgIpc) is 3.28. The van der Waals surface area contributed by atoms with E-state index < -0.39 is 0 Å². The molecule has 136 valence electrons. The number of rotatable bonds is 4. The number of halogens is 1. The maximum atomic E-state index is 12.4. The second kappa shape index (κ2) is 7.70. The molecule has 0 bridgehead atoms. The van der Waals surface area contributed by atoms with Gasteiger partial charge in [-0.1, -0.05) is 17.7 Å². The Labute approximate surface area is 161 Å². The first-order valence-corrected chi connectivity index (χ1v) is 9.70. The van der Waals surface area contributed by atoms with E-state index in [4.69, 9.17) is 21.1 Å². The third-order valence-corrected chi connectivity index (χ3v) is 5.72. The van der Waals surface area contributed by atoms with E-state index in [-0.39, 0.29) is 12.7 Å². The third kappa shape index (κ3) is 4.03. The normalized spacial score (nSPS) is 17.2. The number of hydrogen-bond acceptors (Lipinski definition) is 5.